The summed E-state index contributed by atoms with van der Waals surface area (Å²) in [5, 5.41) is 5.10. The van der Waals surface area contributed by atoms with Crippen LogP contribution in [0.25, 0.3) is 75.5 Å². The quantitative estimate of drug-likeness (QED) is 0.164. The van der Waals surface area contributed by atoms with Gasteiger partial charge in [0.05, 0.1) is 11.4 Å². The molecule has 0 saturated heterocycles. The molecule has 0 aliphatic heterocycles. The molecule has 0 saturated carbocycles. The first-order chi connectivity index (χ1) is 28.1. The van der Waals surface area contributed by atoms with Crippen molar-refractivity contribution in [2.24, 2.45) is 0 Å². The van der Waals surface area contributed by atoms with Crippen LogP contribution in [0.3, 0.4) is 0 Å². The van der Waals surface area contributed by atoms with Gasteiger partial charge in [0.2, 0.25) is 0 Å². The fraction of sp³-hybridized carbons (Fsp3) is 0.0545. The van der Waals surface area contributed by atoms with E-state index in [-0.39, 0.29) is 5.41 Å². The number of benzene rings is 9. The van der Waals surface area contributed by atoms with Crippen molar-refractivity contribution in [3.05, 3.63) is 211 Å². The Labute approximate surface area is 337 Å². The van der Waals surface area contributed by atoms with E-state index in [1.165, 1.54) is 86.6 Å². The first-order valence-electron chi connectivity index (χ1n) is 19.8. The zero-order valence-electron chi connectivity index (χ0n) is 31.9. The molecule has 0 unspecified atom stereocenters. The second-order valence-electron chi connectivity index (χ2n) is 15.6. The van der Waals surface area contributed by atoms with Crippen molar-refractivity contribution in [1.82, 2.24) is 0 Å². The van der Waals surface area contributed by atoms with E-state index in [0.717, 1.165) is 17.1 Å². The van der Waals surface area contributed by atoms with Crippen LogP contribution in [0, 0.1) is 0 Å². The summed E-state index contributed by atoms with van der Waals surface area (Å²) in [6.07, 6.45) is 0. The van der Waals surface area contributed by atoms with Gasteiger partial charge in [0.15, 0.2) is 0 Å². The summed E-state index contributed by atoms with van der Waals surface area (Å²) in [4.78, 5) is 2.51. The predicted molar refractivity (Wildman–Crippen MR) is 245 cm³/mol. The van der Waals surface area contributed by atoms with Crippen LogP contribution in [-0.4, -0.2) is 0 Å². The molecule has 0 radical (unpaired) electrons. The number of nitrogens with zero attached hydrogens (tertiary/aromatic N) is 1. The standard InChI is InChI=1S/C55H39NS/c1-55(2)48-30-9-5-25-47(48)53-44(27-16-31-49(53)55)41-22-6-10-32-50(41)56(38-20-13-19-37(35-38)40-26-14-18-36-17-3-4-21-39(36)40)51-33-11-7-23-42(51)45-28-15-29-46-43-24-8-12-34-52(43)57-54(45)46/h3-35H,1-2H3. The summed E-state index contributed by atoms with van der Waals surface area (Å²) in [6.45, 7) is 4.73. The molecule has 0 spiro atoms. The molecule has 0 bridgehead atoms. The van der Waals surface area contributed by atoms with Crippen molar-refractivity contribution in [2.45, 2.75) is 19.3 Å². The van der Waals surface area contributed by atoms with E-state index in [1.807, 2.05) is 11.3 Å². The molecule has 0 fully saturated rings. The van der Waals surface area contributed by atoms with Crippen molar-refractivity contribution in [1.29, 1.82) is 0 Å². The number of fused-ring (bicyclic) bond motifs is 7. The number of thiophene rings is 1. The molecule has 1 aromatic heterocycles. The number of hydrogen-bond donors (Lipinski definition) is 0. The lowest BCUT2D eigenvalue weighted by Gasteiger charge is -2.31. The van der Waals surface area contributed by atoms with Crippen molar-refractivity contribution < 1.29 is 0 Å². The fourth-order valence-corrected chi connectivity index (χ4v) is 10.7. The first kappa shape index (κ1) is 33.6. The van der Waals surface area contributed by atoms with Crippen molar-refractivity contribution in [3.8, 4) is 44.5 Å². The molecular formula is C55H39NS. The molecule has 1 aliphatic rings. The van der Waals surface area contributed by atoms with E-state index in [4.69, 9.17) is 0 Å². The van der Waals surface area contributed by atoms with Crippen molar-refractivity contribution >= 4 is 59.3 Å². The molecule has 270 valence electrons. The molecule has 57 heavy (non-hydrogen) atoms. The Morgan fingerprint density at radius 3 is 1.79 bits per heavy atom. The second kappa shape index (κ2) is 13.2. The SMILES string of the molecule is CC1(C)c2ccccc2-c2c(-c3ccccc3N(c3cccc(-c4cccc5ccccc45)c3)c3ccccc3-c3cccc4c3sc3ccccc34)cccc21. The lowest BCUT2D eigenvalue weighted by atomic mass is 9.82. The molecular weight excluding hydrogens is 707 g/mol. The van der Waals surface area contributed by atoms with E-state index in [2.05, 4.69) is 219 Å². The average molecular weight is 746 g/mol. The van der Waals surface area contributed by atoms with Gasteiger partial charge in [0, 0.05) is 48.0 Å². The molecule has 2 heteroatoms. The molecule has 1 aliphatic carbocycles. The van der Waals surface area contributed by atoms with Gasteiger partial charge in [-0.05, 0) is 80.0 Å². The number of para-hydroxylation sites is 2. The Morgan fingerprint density at radius 1 is 0.404 bits per heavy atom. The Hall–Kier alpha value is -6.74. The first-order valence-corrected chi connectivity index (χ1v) is 20.6. The van der Waals surface area contributed by atoms with Gasteiger partial charge in [0.25, 0.3) is 0 Å². The maximum Gasteiger partial charge on any atom is 0.0540 e. The van der Waals surface area contributed by atoms with Gasteiger partial charge >= 0.3 is 0 Å². The number of anilines is 3. The summed E-state index contributed by atoms with van der Waals surface area (Å²) in [7, 11) is 0. The maximum absolute atomic E-state index is 2.51. The maximum atomic E-state index is 2.51. The van der Waals surface area contributed by atoms with Crippen LogP contribution in [0.1, 0.15) is 25.0 Å². The summed E-state index contributed by atoms with van der Waals surface area (Å²) in [5.74, 6) is 0. The van der Waals surface area contributed by atoms with E-state index in [0.29, 0.717) is 0 Å². The molecule has 0 atom stereocenters. The topological polar surface area (TPSA) is 3.24 Å². The van der Waals surface area contributed by atoms with Gasteiger partial charge in [-0.3, -0.25) is 0 Å². The fourth-order valence-electron chi connectivity index (χ4n) is 9.43. The van der Waals surface area contributed by atoms with E-state index in [1.54, 1.807) is 0 Å². The predicted octanol–water partition coefficient (Wildman–Crippen LogP) is 16.0. The smallest absolute Gasteiger partial charge is 0.0540 e. The minimum atomic E-state index is -0.0983. The number of rotatable bonds is 6. The summed E-state index contributed by atoms with van der Waals surface area (Å²) in [5.41, 5.74) is 16.0. The Bertz CT molecular complexity index is 3180. The molecule has 10 aromatic rings. The van der Waals surface area contributed by atoms with Crippen molar-refractivity contribution in [3.63, 3.8) is 0 Å². The van der Waals surface area contributed by atoms with Gasteiger partial charge < -0.3 is 4.90 Å². The monoisotopic (exact) mass is 745 g/mol. The normalized spacial score (nSPS) is 12.9. The lowest BCUT2D eigenvalue weighted by molar-refractivity contribution is 0.660. The van der Waals surface area contributed by atoms with Gasteiger partial charge in [0.1, 0.15) is 0 Å². The van der Waals surface area contributed by atoms with Crippen LogP contribution in [0.4, 0.5) is 17.1 Å². The van der Waals surface area contributed by atoms with Gasteiger partial charge in [-0.1, -0.05) is 184 Å². The largest absolute Gasteiger partial charge is 0.309 e. The molecule has 9 aromatic carbocycles. The Balaban J connectivity index is 1.19. The van der Waals surface area contributed by atoms with E-state index in [9.17, 15) is 0 Å². The van der Waals surface area contributed by atoms with E-state index >= 15 is 0 Å². The Morgan fingerprint density at radius 2 is 0.947 bits per heavy atom. The second-order valence-corrected chi connectivity index (χ2v) is 16.7. The molecule has 1 nitrogen and oxygen atoms in total. The van der Waals surface area contributed by atoms with Crippen LogP contribution in [0.2, 0.25) is 0 Å². The van der Waals surface area contributed by atoms with Crippen molar-refractivity contribution in [2.75, 3.05) is 4.90 Å². The minimum Gasteiger partial charge on any atom is -0.309 e. The Kier molecular flexibility index (Phi) is 7.77. The third-order valence-electron chi connectivity index (χ3n) is 12.1. The minimum absolute atomic E-state index is 0.0983. The highest BCUT2D eigenvalue weighted by atomic mass is 32.1. The molecule has 11 rings (SSSR count). The highest BCUT2D eigenvalue weighted by Gasteiger charge is 2.37. The van der Waals surface area contributed by atoms with Gasteiger partial charge in [-0.25, -0.2) is 0 Å². The lowest BCUT2D eigenvalue weighted by Crippen LogP contribution is -2.15. The van der Waals surface area contributed by atoms with E-state index < -0.39 is 0 Å². The third-order valence-corrected chi connectivity index (χ3v) is 13.3. The average Bonchev–Trinajstić information content (AvgIpc) is 3.76. The van der Waals surface area contributed by atoms with Crippen LogP contribution >= 0.6 is 11.3 Å². The summed E-state index contributed by atoms with van der Waals surface area (Å²) >= 11 is 1.88. The van der Waals surface area contributed by atoms with Crippen LogP contribution < -0.4 is 4.90 Å². The zero-order chi connectivity index (χ0) is 38.1. The highest BCUT2D eigenvalue weighted by Crippen LogP contribution is 2.54. The molecule has 0 amide bonds. The zero-order valence-corrected chi connectivity index (χ0v) is 32.7. The van der Waals surface area contributed by atoms with Gasteiger partial charge in [-0.15, -0.1) is 11.3 Å². The van der Waals surface area contributed by atoms with Crippen LogP contribution in [0.15, 0.2) is 200 Å². The highest BCUT2D eigenvalue weighted by molar-refractivity contribution is 7.26. The van der Waals surface area contributed by atoms with Gasteiger partial charge in [-0.2, -0.15) is 0 Å². The van der Waals surface area contributed by atoms with Crippen LogP contribution in [0.5, 0.6) is 0 Å². The summed E-state index contributed by atoms with van der Waals surface area (Å²) in [6, 6.07) is 73.9. The number of hydrogen-bond acceptors (Lipinski definition) is 2. The molecule has 0 N–H and O–H groups in total. The van der Waals surface area contributed by atoms with Crippen LogP contribution in [-0.2, 0) is 5.41 Å². The third kappa shape index (κ3) is 5.29. The molecule has 1 heterocycles. The summed E-state index contributed by atoms with van der Waals surface area (Å²) < 4.78 is 2.62.